The highest BCUT2D eigenvalue weighted by molar-refractivity contribution is 5.86. The summed E-state index contributed by atoms with van der Waals surface area (Å²) >= 11 is 0. The fraction of sp³-hybridized carbons (Fsp3) is 0.750. The van der Waals surface area contributed by atoms with E-state index >= 15 is 0 Å². The smallest absolute Gasteiger partial charge is 0.318 e. The van der Waals surface area contributed by atoms with E-state index in [1.165, 1.54) is 0 Å². The number of aliphatic carboxylic acids is 1. The van der Waals surface area contributed by atoms with Crippen molar-refractivity contribution in [2.24, 2.45) is 0 Å². The van der Waals surface area contributed by atoms with Gasteiger partial charge in [-0.15, -0.1) is 0 Å². The Kier molecular flexibility index (Phi) is 6.23. The number of piperazine rings is 1. The molecular formula is C12H22N4O4. The van der Waals surface area contributed by atoms with Crippen LogP contribution in [0.5, 0.6) is 0 Å². The van der Waals surface area contributed by atoms with Gasteiger partial charge in [0.2, 0.25) is 5.91 Å². The Labute approximate surface area is 118 Å². The van der Waals surface area contributed by atoms with Crippen LogP contribution in [0.3, 0.4) is 0 Å². The molecule has 0 saturated carbocycles. The van der Waals surface area contributed by atoms with Gasteiger partial charge in [0.25, 0.3) is 0 Å². The van der Waals surface area contributed by atoms with Crippen molar-refractivity contribution in [1.29, 1.82) is 0 Å². The number of carboxylic acids is 1. The minimum atomic E-state index is -0.868. The van der Waals surface area contributed by atoms with Crippen LogP contribution in [0.2, 0.25) is 0 Å². The number of carbonyl (C=O) groups excluding carboxylic acids is 2. The third-order valence-electron chi connectivity index (χ3n) is 3.10. The Morgan fingerprint density at radius 2 is 1.80 bits per heavy atom. The molecule has 0 aromatic heterocycles. The molecule has 1 saturated heterocycles. The van der Waals surface area contributed by atoms with Gasteiger partial charge in [0.1, 0.15) is 6.04 Å². The molecule has 1 rings (SSSR count). The number of amides is 3. The normalized spacial score (nSPS) is 17.4. The van der Waals surface area contributed by atoms with Crippen molar-refractivity contribution in [2.75, 3.05) is 39.3 Å². The van der Waals surface area contributed by atoms with E-state index in [4.69, 9.17) is 5.11 Å². The van der Waals surface area contributed by atoms with Gasteiger partial charge in [0.05, 0.1) is 6.54 Å². The summed E-state index contributed by atoms with van der Waals surface area (Å²) in [6.45, 7) is 5.92. The van der Waals surface area contributed by atoms with Crippen LogP contribution in [-0.4, -0.2) is 78.1 Å². The SMILES string of the molecule is CCNC(=O)C(C)NC(=O)N1CCN(CC(=O)O)CC1. The van der Waals surface area contributed by atoms with Crippen LogP contribution >= 0.6 is 0 Å². The molecule has 0 bridgehead atoms. The molecular weight excluding hydrogens is 264 g/mol. The van der Waals surface area contributed by atoms with Gasteiger partial charge < -0.3 is 20.6 Å². The predicted octanol–water partition coefficient (Wildman–Crippen LogP) is -1.08. The summed E-state index contributed by atoms with van der Waals surface area (Å²) in [5.41, 5.74) is 0. The molecule has 1 fully saturated rings. The highest BCUT2D eigenvalue weighted by Crippen LogP contribution is 2.02. The highest BCUT2D eigenvalue weighted by atomic mass is 16.4. The maximum atomic E-state index is 11.9. The molecule has 3 amide bonds. The van der Waals surface area contributed by atoms with E-state index in [-0.39, 0.29) is 18.5 Å². The molecule has 1 atom stereocenters. The molecule has 1 unspecified atom stereocenters. The number of hydrogen-bond donors (Lipinski definition) is 3. The third kappa shape index (κ3) is 5.04. The van der Waals surface area contributed by atoms with Gasteiger partial charge in [-0.25, -0.2) is 4.79 Å². The van der Waals surface area contributed by atoms with Crippen molar-refractivity contribution in [3.8, 4) is 0 Å². The topological polar surface area (TPSA) is 102 Å². The van der Waals surface area contributed by atoms with Crippen molar-refractivity contribution in [3.05, 3.63) is 0 Å². The first-order valence-electron chi connectivity index (χ1n) is 6.71. The Bertz CT molecular complexity index is 366. The molecule has 8 nitrogen and oxygen atoms in total. The lowest BCUT2D eigenvalue weighted by molar-refractivity contribution is -0.138. The Balaban J connectivity index is 2.35. The third-order valence-corrected chi connectivity index (χ3v) is 3.10. The summed E-state index contributed by atoms with van der Waals surface area (Å²) in [5.74, 6) is -1.09. The summed E-state index contributed by atoms with van der Waals surface area (Å²) in [6, 6.07) is -0.877. The first-order valence-corrected chi connectivity index (χ1v) is 6.71. The lowest BCUT2D eigenvalue weighted by Crippen LogP contribution is -2.55. The maximum absolute atomic E-state index is 11.9. The van der Waals surface area contributed by atoms with Crippen LogP contribution < -0.4 is 10.6 Å². The predicted molar refractivity (Wildman–Crippen MR) is 72.3 cm³/mol. The number of carboxylic acid groups (broad SMARTS) is 1. The molecule has 1 aliphatic rings. The van der Waals surface area contributed by atoms with Gasteiger partial charge in [0, 0.05) is 32.7 Å². The molecule has 0 spiro atoms. The van der Waals surface area contributed by atoms with Crippen molar-refractivity contribution >= 4 is 17.9 Å². The van der Waals surface area contributed by atoms with Crippen molar-refractivity contribution in [3.63, 3.8) is 0 Å². The second-order valence-corrected chi connectivity index (χ2v) is 4.72. The molecule has 0 aromatic rings. The molecule has 1 aliphatic heterocycles. The number of carbonyl (C=O) groups is 3. The average Bonchev–Trinajstić information content (AvgIpc) is 2.39. The fourth-order valence-corrected chi connectivity index (χ4v) is 1.97. The van der Waals surface area contributed by atoms with E-state index in [0.717, 1.165) is 0 Å². The van der Waals surface area contributed by atoms with Crippen molar-refractivity contribution in [1.82, 2.24) is 20.4 Å². The number of likely N-dealkylation sites (N-methyl/N-ethyl adjacent to an activating group) is 1. The zero-order valence-electron chi connectivity index (χ0n) is 11.9. The van der Waals surface area contributed by atoms with E-state index < -0.39 is 12.0 Å². The molecule has 8 heteroatoms. The van der Waals surface area contributed by atoms with E-state index in [1.807, 2.05) is 6.92 Å². The number of nitrogens with one attached hydrogen (secondary N) is 2. The van der Waals surface area contributed by atoms with E-state index in [1.54, 1.807) is 16.7 Å². The van der Waals surface area contributed by atoms with Crippen molar-refractivity contribution in [2.45, 2.75) is 19.9 Å². The van der Waals surface area contributed by atoms with Crippen LogP contribution in [0, 0.1) is 0 Å². The lowest BCUT2D eigenvalue weighted by atomic mass is 10.3. The molecule has 0 aliphatic carbocycles. The number of hydrogen-bond acceptors (Lipinski definition) is 4. The van der Waals surface area contributed by atoms with Crippen LogP contribution in [0.15, 0.2) is 0 Å². The summed E-state index contributed by atoms with van der Waals surface area (Å²) in [7, 11) is 0. The van der Waals surface area contributed by atoms with E-state index in [9.17, 15) is 14.4 Å². The zero-order chi connectivity index (χ0) is 15.1. The van der Waals surface area contributed by atoms with Crippen LogP contribution in [0.1, 0.15) is 13.8 Å². The summed E-state index contributed by atoms with van der Waals surface area (Å²) in [6.07, 6.45) is 0. The second-order valence-electron chi connectivity index (χ2n) is 4.72. The Hall–Kier alpha value is -1.83. The van der Waals surface area contributed by atoms with Crippen molar-refractivity contribution < 1.29 is 19.5 Å². The number of rotatable bonds is 5. The van der Waals surface area contributed by atoms with Crippen LogP contribution in [0.25, 0.3) is 0 Å². The average molecular weight is 286 g/mol. The molecule has 3 N–H and O–H groups in total. The minimum absolute atomic E-state index is 0.00916. The van der Waals surface area contributed by atoms with Gasteiger partial charge in [-0.05, 0) is 13.8 Å². The Morgan fingerprint density at radius 3 is 2.30 bits per heavy atom. The first kappa shape index (κ1) is 16.2. The van der Waals surface area contributed by atoms with Gasteiger partial charge in [-0.3, -0.25) is 14.5 Å². The van der Waals surface area contributed by atoms with Gasteiger partial charge in [-0.2, -0.15) is 0 Å². The second kappa shape index (κ2) is 7.68. The summed E-state index contributed by atoms with van der Waals surface area (Å²) in [5, 5.41) is 14.0. The standard InChI is InChI=1S/C12H22N4O4/c1-3-13-11(19)9(2)14-12(20)16-6-4-15(5-7-16)8-10(17)18/h9H,3-8H2,1-2H3,(H,13,19)(H,14,20)(H,17,18). The zero-order valence-corrected chi connectivity index (χ0v) is 11.9. The van der Waals surface area contributed by atoms with Crippen LogP contribution in [0.4, 0.5) is 4.79 Å². The molecule has 0 aromatic carbocycles. The quantitative estimate of drug-likeness (QED) is 0.597. The molecule has 114 valence electrons. The first-order chi connectivity index (χ1) is 9.43. The summed E-state index contributed by atoms with van der Waals surface area (Å²) in [4.78, 5) is 37.4. The Morgan fingerprint density at radius 1 is 1.20 bits per heavy atom. The highest BCUT2D eigenvalue weighted by Gasteiger charge is 2.24. The maximum Gasteiger partial charge on any atom is 0.318 e. The number of urea groups is 1. The molecule has 1 heterocycles. The van der Waals surface area contributed by atoms with Crippen LogP contribution in [-0.2, 0) is 9.59 Å². The monoisotopic (exact) mass is 286 g/mol. The summed E-state index contributed by atoms with van der Waals surface area (Å²) < 4.78 is 0. The lowest BCUT2D eigenvalue weighted by Gasteiger charge is -2.34. The molecule has 20 heavy (non-hydrogen) atoms. The minimum Gasteiger partial charge on any atom is -0.480 e. The van der Waals surface area contributed by atoms with E-state index in [0.29, 0.717) is 32.7 Å². The number of nitrogens with zero attached hydrogens (tertiary/aromatic N) is 2. The largest absolute Gasteiger partial charge is 0.480 e. The van der Waals surface area contributed by atoms with Gasteiger partial charge in [0.15, 0.2) is 0 Å². The fourth-order valence-electron chi connectivity index (χ4n) is 1.97. The van der Waals surface area contributed by atoms with Gasteiger partial charge in [-0.1, -0.05) is 0 Å². The molecule has 0 radical (unpaired) electrons. The van der Waals surface area contributed by atoms with Gasteiger partial charge >= 0.3 is 12.0 Å². The van der Waals surface area contributed by atoms with E-state index in [2.05, 4.69) is 10.6 Å².